The van der Waals surface area contributed by atoms with E-state index in [0.29, 0.717) is 17.0 Å². The smallest absolute Gasteiger partial charge is 0.307 e. The number of aromatic amines is 1. The van der Waals surface area contributed by atoms with Crippen LogP contribution in [-0.4, -0.2) is 21.8 Å². The Balaban J connectivity index is 1.85. The molecular weight excluding hydrogens is 278 g/mol. The number of benzene rings is 1. The highest BCUT2D eigenvalue weighted by molar-refractivity contribution is 6.33. The average Bonchev–Trinajstić information content (AvgIpc) is 3.05. The minimum atomic E-state index is -0.905. The zero-order valence-electron chi connectivity index (χ0n) is 10.5. The second kappa shape index (κ2) is 4.80. The summed E-state index contributed by atoms with van der Waals surface area (Å²) in [5.41, 5.74) is 2.17. The molecule has 2 atom stereocenters. The second-order valence-corrected chi connectivity index (χ2v) is 5.34. The Morgan fingerprint density at radius 2 is 2.05 bits per heavy atom. The molecule has 0 radical (unpaired) electrons. The van der Waals surface area contributed by atoms with Gasteiger partial charge in [-0.1, -0.05) is 23.7 Å². The Kier molecular flexibility index (Phi) is 3.10. The predicted octanol–water partition coefficient (Wildman–Crippen LogP) is 3.24. The standard InChI is InChI=1S/C15H12ClNO3/c16-12-6-8(14(18)10-7-11(10)15(19)20)3-4-9(12)13-2-1-5-17-13/h1-6,10-11,17H,7H2,(H,19,20). The molecule has 1 aromatic heterocycles. The summed E-state index contributed by atoms with van der Waals surface area (Å²) in [4.78, 5) is 26.0. The van der Waals surface area contributed by atoms with Gasteiger partial charge in [0.25, 0.3) is 0 Å². The maximum Gasteiger partial charge on any atom is 0.307 e. The largest absolute Gasteiger partial charge is 0.481 e. The van der Waals surface area contributed by atoms with Gasteiger partial charge in [-0.05, 0) is 24.6 Å². The van der Waals surface area contributed by atoms with Crippen molar-refractivity contribution in [3.63, 3.8) is 0 Å². The van der Waals surface area contributed by atoms with E-state index in [1.54, 1.807) is 24.4 Å². The van der Waals surface area contributed by atoms with Crippen molar-refractivity contribution >= 4 is 23.4 Å². The molecule has 2 unspecified atom stereocenters. The summed E-state index contributed by atoms with van der Waals surface area (Å²) in [6.07, 6.45) is 2.22. The van der Waals surface area contributed by atoms with Crippen LogP contribution in [0.5, 0.6) is 0 Å². The lowest BCUT2D eigenvalue weighted by molar-refractivity contribution is -0.138. The second-order valence-electron chi connectivity index (χ2n) is 4.93. The van der Waals surface area contributed by atoms with Gasteiger partial charge in [0.05, 0.1) is 10.9 Å². The fraction of sp³-hybridized carbons (Fsp3) is 0.200. The fourth-order valence-electron chi connectivity index (χ4n) is 2.36. The van der Waals surface area contributed by atoms with E-state index in [-0.39, 0.29) is 5.78 Å². The number of carbonyl (C=O) groups is 2. The van der Waals surface area contributed by atoms with Crippen LogP contribution in [0.1, 0.15) is 16.8 Å². The Hall–Kier alpha value is -2.07. The Bertz CT molecular complexity index is 678. The normalized spacial score (nSPS) is 20.6. The summed E-state index contributed by atoms with van der Waals surface area (Å²) < 4.78 is 0. The highest BCUT2D eigenvalue weighted by Crippen LogP contribution is 2.41. The molecule has 1 aliphatic rings. The predicted molar refractivity (Wildman–Crippen MR) is 74.8 cm³/mol. The van der Waals surface area contributed by atoms with Gasteiger partial charge < -0.3 is 10.1 Å². The quantitative estimate of drug-likeness (QED) is 0.849. The summed E-state index contributed by atoms with van der Waals surface area (Å²) in [5, 5.41) is 9.34. The summed E-state index contributed by atoms with van der Waals surface area (Å²) in [5.74, 6) is -1.99. The number of ketones is 1. The van der Waals surface area contributed by atoms with E-state index in [1.807, 2.05) is 12.1 Å². The number of carboxylic acids is 1. The summed E-state index contributed by atoms with van der Waals surface area (Å²) >= 11 is 6.20. The van der Waals surface area contributed by atoms with Gasteiger partial charge in [-0.2, -0.15) is 0 Å². The lowest BCUT2D eigenvalue weighted by atomic mass is 10.0. The number of carbonyl (C=O) groups excluding carboxylic acids is 1. The molecule has 4 nitrogen and oxygen atoms in total. The highest BCUT2D eigenvalue weighted by Gasteiger charge is 2.48. The van der Waals surface area contributed by atoms with Crippen molar-refractivity contribution in [3.05, 3.63) is 47.1 Å². The number of hydrogen-bond donors (Lipinski definition) is 2. The van der Waals surface area contributed by atoms with E-state index in [9.17, 15) is 9.59 Å². The molecule has 2 aromatic rings. The molecule has 2 N–H and O–H groups in total. The number of Topliss-reactive ketones (excluding diaryl/α,β-unsaturated/α-hetero) is 1. The minimum absolute atomic E-state index is 0.141. The van der Waals surface area contributed by atoms with E-state index in [0.717, 1.165) is 11.3 Å². The highest BCUT2D eigenvalue weighted by atomic mass is 35.5. The first-order chi connectivity index (χ1) is 9.58. The first kappa shape index (κ1) is 12.9. The van der Waals surface area contributed by atoms with Crippen LogP contribution < -0.4 is 0 Å². The SMILES string of the molecule is O=C(O)C1CC1C(=O)c1ccc(-c2ccc[nH]2)c(Cl)c1. The van der Waals surface area contributed by atoms with E-state index in [4.69, 9.17) is 16.7 Å². The lowest BCUT2D eigenvalue weighted by Gasteiger charge is -2.05. The van der Waals surface area contributed by atoms with Crippen molar-refractivity contribution in [2.24, 2.45) is 11.8 Å². The number of rotatable bonds is 4. The minimum Gasteiger partial charge on any atom is -0.481 e. The van der Waals surface area contributed by atoms with Crippen molar-refractivity contribution < 1.29 is 14.7 Å². The van der Waals surface area contributed by atoms with Gasteiger partial charge in [0.1, 0.15) is 0 Å². The molecule has 102 valence electrons. The van der Waals surface area contributed by atoms with Gasteiger partial charge >= 0.3 is 5.97 Å². The molecule has 0 spiro atoms. The van der Waals surface area contributed by atoms with Crippen LogP contribution in [0.15, 0.2) is 36.5 Å². The third-order valence-corrected chi connectivity index (χ3v) is 3.90. The van der Waals surface area contributed by atoms with Gasteiger partial charge in [0.15, 0.2) is 5.78 Å². The van der Waals surface area contributed by atoms with Crippen molar-refractivity contribution in [1.82, 2.24) is 4.98 Å². The summed E-state index contributed by atoms with van der Waals surface area (Å²) in [6.45, 7) is 0. The van der Waals surface area contributed by atoms with E-state index < -0.39 is 17.8 Å². The van der Waals surface area contributed by atoms with Crippen LogP contribution in [0.3, 0.4) is 0 Å². The van der Waals surface area contributed by atoms with Crippen LogP contribution in [0, 0.1) is 11.8 Å². The number of hydrogen-bond acceptors (Lipinski definition) is 2. The van der Waals surface area contributed by atoms with Gasteiger partial charge in [-0.3, -0.25) is 9.59 Å². The molecule has 1 fully saturated rings. The van der Waals surface area contributed by atoms with E-state index >= 15 is 0 Å². The van der Waals surface area contributed by atoms with Crippen molar-refractivity contribution in [2.75, 3.05) is 0 Å². The van der Waals surface area contributed by atoms with Crippen LogP contribution in [0.2, 0.25) is 5.02 Å². The average molecular weight is 290 g/mol. The maximum atomic E-state index is 12.1. The molecular formula is C15H12ClNO3. The zero-order chi connectivity index (χ0) is 14.3. The number of carboxylic acid groups (broad SMARTS) is 1. The molecule has 5 heteroatoms. The maximum absolute atomic E-state index is 12.1. The van der Waals surface area contributed by atoms with Crippen molar-refractivity contribution in [2.45, 2.75) is 6.42 Å². The molecule has 1 aromatic carbocycles. The van der Waals surface area contributed by atoms with Gasteiger partial charge in [0.2, 0.25) is 0 Å². The topological polar surface area (TPSA) is 70.2 Å². The van der Waals surface area contributed by atoms with Gasteiger partial charge in [0, 0.05) is 28.9 Å². The van der Waals surface area contributed by atoms with Crippen LogP contribution in [-0.2, 0) is 4.79 Å². The third kappa shape index (κ3) is 2.23. The van der Waals surface area contributed by atoms with E-state index in [1.165, 1.54) is 0 Å². The monoisotopic (exact) mass is 289 g/mol. The summed E-state index contributed by atoms with van der Waals surface area (Å²) in [7, 11) is 0. The number of nitrogens with one attached hydrogen (secondary N) is 1. The summed E-state index contributed by atoms with van der Waals surface area (Å²) in [6, 6.07) is 8.84. The first-order valence-corrected chi connectivity index (χ1v) is 6.66. The van der Waals surface area contributed by atoms with Gasteiger partial charge in [-0.25, -0.2) is 0 Å². The molecule has 3 rings (SSSR count). The Labute approximate surface area is 120 Å². The van der Waals surface area contributed by atoms with Crippen molar-refractivity contribution in [3.8, 4) is 11.3 Å². The molecule has 0 aliphatic heterocycles. The number of aromatic nitrogens is 1. The lowest BCUT2D eigenvalue weighted by Crippen LogP contribution is -2.08. The molecule has 0 bridgehead atoms. The Morgan fingerprint density at radius 3 is 2.60 bits per heavy atom. The molecule has 1 saturated carbocycles. The van der Waals surface area contributed by atoms with E-state index in [2.05, 4.69) is 4.98 Å². The zero-order valence-corrected chi connectivity index (χ0v) is 11.2. The molecule has 0 saturated heterocycles. The molecule has 20 heavy (non-hydrogen) atoms. The van der Waals surface area contributed by atoms with Gasteiger partial charge in [-0.15, -0.1) is 0 Å². The third-order valence-electron chi connectivity index (χ3n) is 3.59. The molecule has 1 heterocycles. The number of halogens is 1. The first-order valence-electron chi connectivity index (χ1n) is 6.28. The Morgan fingerprint density at radius 1 is 1.25 bits per heavy atom. The number of aliphatic carboxylic acids is 1. The molecule has 1 aliphatic carbocycles. The van der Waals surface area contributed by atoms with Crippen LogP contribution in [0.4, 0.5) is 0 Å². The molecule has 0 amide bonds. The van der Waals surface area contributed by atoms with Crippen LogP contribution in [0.25, 0.3) is 11.3 Å². The number of H-pyrrole nitrogens is 1. The fourth-order valence-corrected chi connectivity index (χ4v) is 2.64. The van der Waals surface area contributed by atoms with Crippen LogP contribution >= 0.6 is 11.6 Å². The van der Waals surface area contributed by atoms with Crippen molar-refractivity contribution in [1.29, 1.82) is 0 Å².